The molecule has 7 heteroatoms. The Morgan fingerprint density at radius 1 is 1.24 bits per heavy atom. The van der Waals surface area contributed by atoms with E-state index in [9.17, 15) is 0 Å². The van der Waals surface area contributed by atoms with Crippen molar-refractivity contribution in [3.63, 3.8) is 0 Å². The first-order valence-electron chi connectivity index (χ1n) is 8.40. The van der Waals surface area contributed by atoms with Crippen LogP contribution in [0.3, 0.4) is 0 Å². The standard InChI is InChI=1S/C18H27N5O.HI/c1-5-14(3)21-18(19-6-2)20-13-15-11-12-23(22-15)16-7-9-17(24-4)10-8-16;/h7-12,14H,5-6,13H2,1-4H3,(H2,19,20,21);1H. The van der Waals surface area contributed by atoms with E-state index in [1.54, 1.807) is 7.11 Å². The van der Waals surface area contributed by atoms with Crippen LogP contribution < -0.4 is 15.4 Å². The highest BCUT2D eigenvalue weighted by atomic mass is 127. The van der Waals surface area contributed by atoms with Crippen LogP contribution in [0.15, 0.2) is 41.5 Å². The van der Waals surface area contributed by atoms with Gasteiger partial charge in [-0.25, -0.2) is 9.67 Å². The van der Waals surface area contributed by atoms with Gasteiger partial charge in [-0.05, 0) is 50.6 Å². The number of rotatable bonds is 7. The van der Waals surface area contributed by atoms with E-state index >= 15 is 0 Å². The number of aromatic nitrogens is 2. The minimum atomic E-state index is 0. The smallest absolute Gasteiger partial charge is 0.191 e. The first-order valence-corrected chi connectivity index (χ1v) is 8.40. The van der Waals surface area contributed by atoms with Crippen LogP contribution in [0, 0.1) is 0 Å². The van der Waals surface area contributed by atoms with Crippen LogP contribution in [-0.4, -0.2) is 35.4 Å². The molecule has 1 heterocycles. The predicted octanol–water partition coefficient (Wildman–Crippen LogP) is 3.35. The molecular formula is C18H28IN5O. The number of hydrogen-bond acceptors (Lipinski definition) is 3. The van der Waals surface area contributed by atoms with Crippen molar-refractivity contribution >= 4 is 29.9 Å². The summed E-state index contributed by atoms with van der Waals surface area (Å²) >= 11 is 0. The number of benzene rings is 1. The Bertz CT molecular complexity index is 654. The zero-order chi connectivity index (χ0) is 17.4. The fourth-order valence-electron chi connectivity index (χ4n) is 2.14. The number of nitrogens with one attached hydrogen (secondary N) is 2. The van der Waals surface area contributed by atoms with Crippen LogP contribution in [0.25, 0.3) is 5.69 Å². The zero-order valence-electron chi connectivity index (χ0n) is 15.3. The molecule has 1 unspecified atom stereocenters. The van der Waals surface area contributed by atoms with E-state index in [0.717, 1.165) is 36.1 Å². The van der Waals surface area contributed by atoms with Gasteiger partial charge in [0.1, 0.15) is 5.75 Å². The summed E-state index contributed by atoms with van der Waals surface area (Å²) in [5.74, 6) is 1.66. The molecule has 138 valence electrons. The lowest BCUT2D eigenvalue weighted by Crippen LogP contribution is -2.41. The van der Waals surface area contributed by atoms with Gasteiger partial charge in [0.15, 0.2) is 5.96 Å². The normalized spacial score (nSPS) is 12.2. The van der Waals surface area contributed by atoms with Crippen LogP contribution in [0.1, 0.15) is 32.9 Å². The average Bonchev–Trinajstić information content (AvgIpc) is 3.08. The predicted molar refractivity (Wildman–Crippen MR) is 113 cm³/mol. The number of guanidine groups is 1. The van der Waals surface area contributed by atoms with Gasteiger partial charge in [0.25, 0.3) is 0 Å². The molecule has 1 atom stereocenters. The number of ether oxygens (including phenoxy) is 1. The molecule has 0 saturated carbocycles. The van der Waals surface area contributed by atoms with Crippen molar-refractivity contribution in [2.45, 2.75) is 39.8 Å². The third kappa shape index (κ3) is 6.56. The Labute approximate surface area is 167 Å². The van der Waals surface area contributed by atoms with Crippen LogP contribution in [0.2, 0.25) is 0 Å². The highest BCUT2D eigenvalue weighted by Gasteiger charge is 2.04. The summed E-state index contributed by atoms with van der Waals surface area (Å²) in [6.45, 7) is 7.73. The van der Waals surface area contributed by atoms with Gasteiger partial charge in [-0.2, -0.15) is 5.10 Å². The summed E-state index contributed by atoms with van der Waals surface area (Å²) < 4.78 is 7.02. The van der Waals surface area contributed by atoms with Crippen molar-refractivity contribution < 1.29 is 4.74 Å². The summed E-state index contributed by atoms with van der Waals surface area (Å²) in [6, 6.07) is 10.2. The lowest BCUT2D eigenvalue weighted by Gasteiger charge is -2.15. The molecule has 0 spiro atoms. The molecule has 0 aliphatic rings. The maximum absolute atomic E-state index is 5.18. The second-order valence-electron chi connectivity index (χ2n) is 5.60. The Morgan fingerprint density at radius 3 is 2.56 bits per heavy atom. The van der Waals surface area contributed by atoms with Crippen molar-refractivity contribution in [2.24, 2.45) is 4.99 Å². The van der Waals surface area contributed by atoms with E-state index in [-0.39, 0.29) is 24.0 Å². The molecule has 0 radical (unpaired) electrons. The van der Waals surface area contributed by atoms with Crippen LogP contribution in [0.5, 0.6) is 5.75 Å². The van der Waals surface area contributed by atoms with Gasteiger partial charge in [-0.1, -0.05) is 6.92 Å². The SMILES string of the molecule is CCNC(=NCc1ccn(-c2ccc(OC)cc2)n1)NC(C)CC.I. The first kappa shape index (κ1) is 21.3. The summed E-state index contributed by atoms with van der Waals surface area (Å²) in [5.41, 5.74) is 1.92. The minimum Gasteiger partial charge on any atom is -0.497 e. The molecule has 0 aliphatic heterocycles. The van der Waals surface area contributed by atoms with Gasteiger partial charge >= 0.3 is 0 Å². The van der Waals surface area contributed by atoms with E-state index in [1.165, 1.54) is 0 Å². The molecular weight excluding hydrogens is 429 g/mol. The highest BCUT2D eigenvalue weighted by molar-refractivity contribution is 14.0. The molecule has 0 aliphatic carbocycles. The lowest BCUT2D eigenvalue weighted by atomic mass is 10.3. The second kappa shape index (κ2) is 11.0. The van der Waals surface area contributed by atoms with Gasteiger partial charge in [0.05, 0.1) is 25.0 Å². The quantitative estimate of drug-likeness (QED) is 0.380. The molecule has 0 amide bonds. The van der Waals surface area contributed by atoms with Gasteiger partial charge < -0.3 is 15.4 Å². The summed E-state index contributed by atoms with van der Waals surface area (Å²) in [4.78, 5) is 4.60. The highest BCUT2D eigenvalue weighted by Crippen LogP contribution is 2.14. The van der Waals surface area contributed by atoms with Crippen LogP contribution in [-0.2, 0) is 6.54 Å². The third-order valence-corrected chi connectivity index (χ3v) is 3.72. The Morgan fingerprint density at radius 2 is 1.96 bits per heavy atom. The number of halogens is 1. The topological polar surface area (TPSA) is 63.5 Å². The van der Waals surface area contributed by atoms with E-state index in [1.807, 2.05) is 41.2 Å². The fraction of sp³-hybridized carbons (Fsp3) is 0.444. The van der Waals surface area contributed by atoms with Gasteiger partial charge in [-0.15, -0.1) is 24.0 Å². The minimum absolute atomic E-state index is 0. The molecule has 6 nitrogen and oxygen atoms in total. The van der Waals surface area contributed by atoms with Crippen molar-refractivity contribution in [1.29, 1.82) is 0 Å². The van der Waals surface area contributed by atoms with Crippen LogP contribution in [0.4, 0.5) is 0 Å². The molecule has 0 fully saturated rings. The number of methoxy groups -OCH3 is 1. The molecule has 2 N–H and O–H groups in total. The molecule has 2 aromatic rings. The Balaban J connectivity index is 0.00000312. The van der Waals surface area contributed by atoms with Gasteiger partial charge in [-0.3, -0.25) is 0 Å². The maximum atomic E-state index is 5.18. The largest absolute Gasteiger partial charge is 0.497 e. The summed E-state index contributed by atoms with van der Waals surface area (Å²) in [6.07, 6.45) is 3.00. The number of aliphatic imine (C=N–C) groups is 1. The van der Waals surface area contributed by atoms with E-state index in [4.69, 9.17) is 4.74 Å². The van der Waals surface area contributed by atoms with Gasteiger partial charge in [0.2, 0.25) is 0 Å². The van der Waals surface area contributed by atoms with Crippen molar-refractivity contribution in [3.05, 3.63) is 42.2 Å². The van der Waals surface area contributed by atoms with Gasteiger partial charge in [0, 0.05) is 18.8 Å². The zero-order valence-corrected chi connectivity index (χ0v) is 17.7. The summed E-state index contributed by atoms with van der Waals surface area (Å²) in [7, 11) is 1.66. The first-order chi connectivity index (χ1) is 11.7. The Kier molecular flexibility index (Phi) is 9.33. The van der Waals surface area contributed by atoms with E-state index in [0.29, 0.717) is 12.6 Å². The molecule has 1 aromatic carbocycles. The third-order valence-electron chi connectivity index (χ3n) is 3.72. The monoisotopic (exact) mass is 457 g/mol. The summed E-state index contributed by atoms with van der Waals surface area (Å²) in [5, 5.41) is 11.2. The lowest BCUT2D eigenvalue weighted by molar-refractivity contribution is 0.414. The van der Waals surface area contributed by atoms with E-state index in [2.05, 4.69) is 41.5 Å². The van der Waals surface area contributed by atoms with Crippen LogP contribution >= 0.6 is 24.0 Å². The Hall–Kier alpha value is -1.77. The molecule has 25 heavy (non-hydrogen) atoms. The van der Waals surface area contributed by atoms with Crippen molar-refractivity contribution in [1.82, 2.24) is 20.4 Å². The van der Waals surface area contributed by atoms with Crippen molar-refractivity contribution in [3.8, 4) is 11.4 Å². The average molecular weight is 457 g/mol. The van der Waals surface area contributed by atoms with E-state index < -0.39 is 0 Å². The van der Waals surface area contributed by atoms with Crippen molar-refractivity contribution in [2.75, 3.05) is 13.7 Å². The molecule has 0 saturated heterocycles. The fourth-order valence-corrected chi connectivity index (χ4v) is 2.14. The molecule has 2 rings (SSSR count). The number of nitrogens with zero attached hydrogens (tertiary/aromatic N) is 3. The molecule has 1 aromatic heterocycles. The number of hydrogen-bond donors (Lipinski definition) is 2. The second-order valence-corrected chi connectivity index (χ2v) is 5.60. The maximum Gasteiger partial charge on any atom is 0.191 e. The molecule has 0 bridgehead atoms.